The number of amides is 2. The zero-order valence-corrected chi connectivity index (χ0v) is 14.1. The zero-order valence-electron chi connectivity index (χ0n) is 14.1. The molecule has 0 aliphatic heterocycles. The fourth-order valence-electron chi connectivity index (χ4n) is 2.27. The molecule has 0 aliphatic rings. The molecule has 2 amide bonds. The van der Waals surface area contributed by atoms with Gasteiger partial charge in [0, 0.05) is 11.3 Å². The molecular weight excluding hydrogens is 304 g/mol. The average Bonchev–Trinajstić information content (AvgIpc) is 2.53. The van der Waals surface area contributed by atoms with Gasteiger partial charge >= 0.3 is 0 Å². The summed E-state index contributed by atoms with van der Waals surface area (Å²) in [6.07, 6.45) is 0. The van der Waals surface area contributed by atoms with E-state index in [1.165, 1.54) is 0 Å². The van der Waals surface area contributed by atoms with E-state index in [0.717, 1.165) is 5.56 Å². The van der Waals surface area contributed by atoms with Crippen LogP contribution in [0, 0.1) is 0 Å². The van der Waals surface area contributed by atoms with Crippen molar-refractivity contribution in [2.45, 2.75) is 26.2 Å². The van der Waals surface area contributed by atoms with Gasteiger partial charge in [0.2, 0.25) is 5.91 Å². The van der Waals surface area contributed by atoms with Gasteiger partial charge in [0.25, 0.3) is 5.91 Å². The second-order valence-electron chi connectivity index (χ2n) is 6.52. The quantitative estimate of drug-likeness (QED) is 0.886. The lowest BCUT2D eigenvalue weighted by molar-refractivity contribution is -0.118. The summed E-state index contributed by atoms with van der Waals surface area (Å²) >= 11 is 0. The van der Waals surface area contributed by atoms with Crippen molar-refractivity contribution in [3.8, 4) is 5.75 Å². The molecule has 0 fully saturated rings. The van der Waals surface area contributed by atoms with Gasteiger partial charge in [-0.05, 0) is 41.3 Å². The van der Waals surface area contributed by atoms with Gasteiger partial charge in [0.15, 0.2) is 6.61 Å². The molecule has 0 saturated heterocycles. The Kier molecular flexibility index (Phi) is 5.24. The van der Waals surface area contributed by atoms with Gasteiger partial charge in [-0.25, -0.2) is 0 Å². The Bertz CT molecular complexity index is 731. The lowest BCUT2D eigenvalue weighted by Gasteiger charge is -2.22. The number of nitrogens with one attached hydrogen (secondary N) is 1. The molecule has 0 radical (unpaired) electrons. The van der Waals surface area contributed by atoms with E-state index in [1.54, 1.807) is 24.3 Å². The van der Waals surface area contributed by atoms with Crippen LogP contribution in [-0.4, -0.2) is 18.4 Å². The van der Waals surface area contributed by atoms with Gasteiger partial charge < -0.3 is 15.8 Å². The van der Waals surface area contributed by atoms with Gasteiger partial charge in [-0.1, -0.05) is 39.0 Å². The van der Waals surface area contributed by atoms with E-state index < -0.39 is 5.91 Å². The molecule has 0 aliphatic carbocycles. The number of rotatable bonds is 5. The van der Waals surface area contributed by atoms with Crippen LogP contribution >= 0.6 is 0 Å². The molecule has 2 aromatic carbocycles. The summed E-state index contributed by atoms with van der Waals surface area (Å²) in [5, 5.41) is 2.72. The molecule has 0 unspecified atom stereocenters. The SMILES string of the molecule is CC(C)(C)c1ccccc1OCC(=O)Nc1ccc(C(N)=O)cc1. The second-order valence-corrected chi connectivity index (χ2v) is 6.52. The first-order valence-corrected chi connectivity index (χ1v) is 7.69. The van der Waals surface area contributed by atoms with Crippen molar-refractivity contribution < 1.29 is 14.3 Å². The maximum atomic E-state index is 12.0. The Labute approximate surface area is 141 Å². The Hall–Kier alpha value is -2.82. The van der Waals surface area contributed by atoms with Crippen molar-refractivity contribution >= 4 is 17.5 Å². The second kappa shape index (κ2) is 7.17. The van der Waals surface area contributed by atoms with Crippen LogP contribution in [0.5, 0.6) is 5.75 Å². The third-order valence-electron chi connectivity index (χ3n) is 3.51. The van der Waals surface area contributed by atoms with Crippen molar-refractivity contribution in [3.05, 3.63) is 59.7 Å². The third-order valence-corrected chi connectivity index (χ3v) is 3.51. The maximum Gasteiger partial charge on any atom is 0.262 e. The van der Waals surface area contributed by atoms with Crippen molar-refractivity contribution in [1.82, 2.24) is 0 Å². The number of primary amides is 1. The Morgan fingerprint density at radius 2 is 1.67 bits per heavy atom. The number of carbonyl (C=O) groups is 2. The molecule has 0 saturated carbocycles. The van der Waals surface area contributed by atoms with E-state index in [0.29, 0.717) is 17.0 Å². The van der Waals surface area contributed by atoms with Crippen LogP contribution in [-0.2, 0) is 10.2 Å². The molecule has 0 heterocycles. The standard InChI is InChI=1S/C19H22N2O3/c1-19(2,3)15-6-4-5-7-16(15)24-12-17(22)21-14-10-8-13(9-11-14)18(20)23/h4-11H,12H2,1-3H3,(H2,20,23)(H,21,22). The van der Waals surface area contributed by atoms with Gasteiger partial charge in [-0.15, -0.1) is 0 Å². The Morgan fingerprint density at radius 3 is 2.25 bits per heavy atom. The topological polar surface area (TPSA) is 81.4 Å². The minimum Gasteiger partial charge on any atom is -0.483 e. The predicted molar refractivity (Wildman–Crippen MR) is 94.2 cm³/mol. The summed E-state index contributed by atoms with van der Waals surface area (Å²) in [4.78, 5) is 23.1. The number of nitrogens with two attached hydrogens (primary N) is 1. The smallest absolute Gasteiger partial charge is 0.262 e. The molecular formula is C19H22N2O3. The molecule has 2 rings (SSSR count). The molecule has 0 bridgehead atoms. The minimum absolute atomic E-state index is 0.0718. The van der Waals surface area contributed by atoms with Crippen LogP contribution in [0.2, 0.25) is 0 Å². The minimum atomic E-state index is -0.505. The lowest BCUT2D eigenvalue weighted by atomic mass is 9.86. The van der Waals surface area contributed by atoms with Crippen LogP contribution < -0.4 is 15.8 Å². The molecule has 0 spiro atoms. The van der Waals surface area contributed by atoms with E-state index >= 15 is 0 Å². The van der Waals surface area contributed by atoms with E-state index in [1.807, 2.05) is 24.3 Å². The fraction of sp³-hybridized carbons (Fsp3) is 0.263. The number of hydrogen-bond donors (Lipinski definition) is 2. The van der Waals surface area contributed by atoms with E-state index in [2.05, 4.69) is 26.1 Å². The highest BCUT2D eigenvalue weighted by atomic mass is 16.5. The fourth-order valence-corrected chi connectivity index (χ4v) is 2.27. The van der Waals surface area contributed by atoms with Crippen LogP contribution in [0.1, 0.15) is 36.7 Å². The zero-order chi connectivity index (χ0) is 17.7. The molecule has 5 heteroatoms. The van der Waals surface area contributed by atoms with Crippen LogP contribution in [0.3, 0.4) is 0 Å². The van der Waals surface area contributed by atoms with Crippen molar-refractivity contribution in [2.24, 2.45) is 5.73 Å². The van der Waals surface area contributed by atoms with Gasteiger partial charge in [-0.2, -0.15) is 0 Å². The number of ether oxygens (including phenoxy) is 1. The van der Waals surface area contributed by atoms with E-state index in [9.17, 15) is 9.59 Å². The summed E-state index contributed by atoms with van der Waals surface area (Å²) in [6.45, 7) is 6.19. The molecule has 3 N–H and O–H groups in total. The van der Waals surface area contributed by atoms with Crippen LogP contribution in [0.4, 0.5) is 5.69 Å². The highest BCUT2D eigenvalue weighted by Crippen LogP contribution is 2.30. The van der Waals surface area contributed by atoms with E-state index in [-0.39, 0.29) is 17.9 Å². The largest absolute Gasteiger partial charge is 0.483 e. The monoisotopic (exact) mass is 326 g/mol. The number of benzene rings is 2. The third kappa shape index (κ3) is 4.59. The summed E-state index contributed by atoms with van der Waals surface area (Å²) in [6, 6.07) is 14.1. The molecule has 24 heavy (non-hydrogen) atoms. The molecule has 5 nitrogen and oxygen atoms in total. The van der Waals surface area contributed by atoms with Gasteiger partial charge in [0.1, 0.15) is 5.75 Å². The summed E-state index contributed by atoms with van der Waals surface area (Å²) in [5.74, 6) is -0.0789. The van der Waals surface area contributed by atoms with Gasteiger partial charge in [-0.3, -0.25) is 9.59 Å². The molecule has 126 valence electrons. The highest BCUT2D eigenvalue weighted by molar-refractivity contribution is 5.95. The Balaban J connectivity index is 1.98. The number of para-hydroxylation sites is 1. The molecule has 0 atom stereocenters. The van der Waals surface area contributed by atoms with Crippen molar-refractivity contribution in [3.63, 3.8) is 0 Å². The molecule has 2 aromatic rings. The first kappa shape index (κ1) is 17.5. The first-order valence-electron chi connectivity index (χ1n) is 7.69. The van der Waals surface area contributed by atoms with Crippen LogP contribution in [0.15, 0.2) is 48.5 Å². The highest BCUT2D eigenvalue weighted by Gasteiger charge is 2.18. The molecule has 0 aromatic heterocycles. The normalized spacial score (nSPS) is 11.0. The summed E-state index contributed by atoms with van der Waals surface area (Å²) in [5.41, 5.74) is 7.13. The number of anilines is 1. The maximum absolute atomic E-state index is 12.0. The van der Waals surface area contributed by atoms with Crippen molar-refractivity contribution in [2.75, 3.05) is 11.9 Å². The predicted octanol–water partition coefficient (Wildman–Crippen LogP) is 3.10. The number of carbonyl (C=O) groups excluding carboxylic acids is 2. The Morgan fingerprint density at radius 1 is 1.04 bits per heavy atom. The summed E-state index contributed by atoms with van der Waals surface area (Å²) in [7, 11) is 0. The van der Waals surface area contributed by atoms with Gasteiger partial charge in [0.05, 0.1) is 0 Å². The van der Waals surface area contributed by atoms with Crippen LogP contribution in [0.25, 0.3) is 0 Å². The van der Waals surface area contributed by atoms with E-state index in [4.69, 9.17) is 10.5 Å². The lowest BCUT2D eigenvalue weighted by Crippen LogP contribution is -2.22. The first-order chi connectivity index (χ1) is 11.3. The average molecular weight is 326 g/mol. The summed E-state index contributed by atoms with van der Waals surface area (Å²) < 4.78 is 5.67. The number of hydrogen-bond acceptors (Lipinski definition) is 3. The van der Waals surface area contributed by atoms with Crippen molar-refractivity contribution in [1.29, 1.82) is 0 Å².